The maximum absolute atomic E-state index is 12.3. The van der Waals surface area contributed by atoms with Crippen LogP contribution in [0, 0.1) is 0 Å². The van der Waals surface area contributed by atoms with E-state index in [1.165, 1.54) is 18.3 Å². The molecule has 0 bridgehead atoms. The third-order valence-corrected chi connectivity index (χ3v) is 3.83. The molecule has 0 aromatic heterocycles. The van der Waals surface area contributed by atoms with Gasteiger partial charge in [-0.3, -0.25) is 19.4 Å². The topological polar surface area (TPSA) is 88.3 Å². The van der Waals surface area contributed by atoms with Crippen LogP contribution < -0.4 is 5.32 Å². The predicted octanol–water partition coefficient (Wildman–Crippen LogP) is -1.60. The van der Waals surface area contributed by atoms with Crippen molar-refractivity contribution in [3.05, 3.63) is 0 Å². The average Bonchev–Trinajstić information content (AvgIpc) is 2.91. The number of hydrogen-bond donors (Lipinski definition) is 1. The third-order valence-electron chi connectivity index (χ3n) is 3.83. The van der Waals surface area contributed by atoms with Gasteiger partial charge in [0.15, 0.2) is 6.54 Å². The van der Waals surface area contributed by atoms with Crippen LogP contribution in [0.1, 0.15) is 6.42 Å². The van der Waals surface area contributed by atoms with Gasteiger partial charge in [0, 0.05) is 20.6 Å². The highest BCUT2D eigenvalue weighted by atomic mass is 16.2. The minimum absolute atomic E-state index is 0.0290. The molecule has 2 aliphatic heterocycles. The molecule has 1 N–H and O–H groups in total. The minimum atomic E-state index is -0.713. The van der Waals surface area contributed by atoms with Gasteiger partial charge >= 0.3 is 6.03 Å². The number of rotatable bonds is 6. The fourth-order valence-corrected chi connectivity index (χ4v) is 2.52. The van der Waals surface area contributed by atoms with Crippen LogP contribution in [-0.2, 0) is 9.59 Å². The number of carbonyl (C=O) groups is 3. The molecule has 1 saturated heterocycles. The Morgan fingerprint density at radius 3 is 2.70 bits per heavy atom. The average molecular weight is 323 g/mol. The molecule has 2 aliphatic rings. The van der Waals surface area contributed by atoms with Crippen molar-refractivity contribution in [1.29, 1.82) is 0 Å². The normalized spacial score (nSPS) is 20.7. The Labute approximate surface area is 135 Å². The van der Waals surface area contributed by atoms with Crippen molar-refractivity contribution in [2.24, 2.45) is 4.99 Å². The van der Waals surface area contributed by atoms with E-state index in [2.05, 4.69) is 10.3 Å². The lowest BCUT2D eigenvalue weighted by molar-refractivity contribution is -0.519. The Hall–Kier alpha value is -2.29. The summed E-state index contributed by atoms with van der Waals surface area (Å²) in [4.78, 5) is 44.7. The largest absolute Gasteiger partial charge is 0.353 e. The summed E-state index contributed by atoms with van der Waals surface area (Å²) in [6, 6.07) is -1.14. The molecule has 1 atom stereocenters. The van der Waals surface area contributed by atoms with Crippen LogP contribution in [0.5, 0.6) is 0 Å². The Morgan fingerprint density at radius 2 is 2.04 bits per heavy atom. The number of nitrogens with zero attached hydrogens (tertiary/aromatic N) is 5. The second kappa shape index (κ2) is 6.86. The summed E-state index contributed by atoms with van der Waals surface area (Å²) < 4.78 is 1.55. The van der Waals surface area contributed by atoms with Gasteiger partial charge in [-0.1, -0.05) is 0 Å². The number of fused-ring (bicyclic) bond motifs is 1. The molecule has 2 heterocycles. The molecule has 23 heavy (non-hydrogen) atoms. The van der Waals surface area contributed by atoms with E-state index < -0.39 is 12.1 Å². The van der Waals surface area contributed by atoms with Crippen LogP contribution in [-0.4, -0.2) is 103 Å². The molecular formula is C14H23N6O3+. The van der Waals surface area contributed by atoms with Crippen molar-refractivity contribution < 1.29 is 19.0 Å². The van der Waals surface area contributed by atoms with Crippen molar-refractivity contribution in [3.63, 3.8) is 0 Å². The molecule has 0 aromatic rings. The Morgan fingerprint density at radius 1 is 1.35 bits per heavy atom. The molecule has 2 rings (SSSR count). The number of carbonyl (C=O) groups excluding carboxylic acids is 3. The standard InChI is InChI=1S/C14H22N6O3/c1-17(2)7-5-6-15-10(21)8-20-9-16-12-11(20)13(22)19(4)14(23)18(12)3/h9,11H,5-8H2,1-4H3/p+1. The van der Waals surface area contributed by atoms with E-state index in [1.807, 2.05) is 19.0 Å². The summed E-state index contributed by atoms with van der Waals surface area (Å²) in [7, 11) is 6.94. The molecule has 9 nitrogen and oxygen atoms in total. The van der Waals surface area contributed by atoms with Crippen LogP contribution >= 0.6 is 0 Å². The Bertz CT molecular complexity index is 583. The van der Waals surface area contributed by atoms with Gasteiger partial charge in [0.1, 0.15) is 0 Å². The van der Waals surface area contributed by atoms with Crippen LogP contribution in [0.3, 0.4) is 0 Å². The van der Waals surface area contributed by atoms with Crippen molar-refractivity contribution in [2.75, 3.05) is 47.8 Å². The summed E-state index contributed by atoms with van der Waals surface area (Å²) in [5.74, 6) is -0.189. The summed E-state index contributed by atoms with van der Waals surface area (Å²) in [6.07, 6.45) is 2.30. The molecule has 1 fully saturated rings. The first kappa shape index (κ1) is 17.1. The van der Waals surface area contributed by atoms with E-state index in [0.717, 1.165) is 17.9 Å². The van der Waals surface area contributed by atoms with E-state index in [1.54, 1.807) is 11.6 Å². The van der Waals surface area contributed by atoms with Crippen LogP contribution in [0.25, 0.3) is 0 Å². The number of aliphatic imine (C=N–C) groups is 1. The number of likely N-dealkylation sites (N-methyl/N-ethyl adjacent to an activating group) is 2. The van der Waals surface area contributed by atoms with Gasteiger partial charge in [0.2, 0.25) is 0 Å². The van der Waals surface area contributed by atoms with Gasteiger partial charge in [0.05, 0.1) is 0 Å². The zero-order valence-corrected chi connectivity index (χ0v) is 13.9. The fraction of sp³-hybridized carbons (Fsp3) is 0.643. The molecule has 4 amide bonds. The Balaban J connectivity index is 1.92. The van der Waals surface area contributed by atoms with Gasteiger partial charge < -0.3 is 10.2 Å². The van der Waals surface area contributed by atoms with Gasteiger partial charge in [-0.25, -0.2) is 9.37 Å². The quantitative estimate of drug-likeness (QED) is 0.471. The zero-order chi connectivity index (χ0) is 17.1. The molecule has 0 aromatic carbocycles. The van der Waals surface area contributed by atoms with Crippen molar-refractivity contribution in [3.8, 4) is 0 Å². The fourth-order valence-electron chi connectivity index (χ4n) is 2.52. The summed E-state index contributed by atoms with van der Waals surface area (Å²) in [5, 5.41) is 2.82. The molecule has 0 aliphatic carbocycles. The summed E-state index contributed by atoms with van der Waals surface area (Å²) in [6.45, 7) is 1.50. The number of hydrogen-bond acceptors (Lipinski definition) is 5. The van der Waals surface area contributed by atoms with Crippen LogP contribution in [0.4, 0.5) is 4.79 Å². The number of imide groups is 1. The highest BCUT2D eigenvalue weighted by molar-refractivity contribution is 6.21. The summed E-state index contributed by atoms with van der Waals surface area (Å²) >= 11 is 0. The van der Waals surface area contributed by atoms with E-state index in [0.29, 0.717) is 12.4 Å². The number of amidine groups is 1. The van der Waals surface area contributed by atoms with Crippen LogP contribution in [0.2, 0.25) is 0 Å². The predicted molar refractivity (Wildman–Crippen MR) is 84.5 cm³/mol. The van der Waals surface area contributed by atoms with E-state index >= 15 is 0 Å². The van der Waals surface area contributed by atoms with Crippen molar-refractivity contribution in [2.45, 2.75) is 12.5 Å². The lowest BCUT2D eigenvalue weighted by Crippen LogP contribution is -2.62. The highest BCUT2D eigenvalue weighted by Crippen LogP contribution is 2.16. The third kappa shape index (κ3) is 3.55. The minimum Gasteiger partial charge on any atom is -0.353 e. The number of nitrogens with one attached hydrogen (secondary N) is 1. The molecule has 9 heteroatoms. The lowest BCUT2D eigenvalue weighted by Gasteiger charge is -2.30. The smallest absolute Gasteiger partial charge is 0.333 e. The van der Waals surface area contributed by atoms with E-state index in [9.17, 15) is 14.4 Å². The zero-order valence-electron chi connectivity index (χ0n) is 13.9. The van der Waals surface area contributed by atoms with Gasteiger partial charge in [-0.15, -0.1) is 0 Å². The van der Waals surface area contributed by atoms with Gasteiger partial charge in [0.25, 0.3) is 30.0 Å². The molecule has 0 radical (unpaired) electrons. The monoisotopic (exact) mass is 323 g/mol. The second-order valence-electron chi connectivity index (χ2n) is 5.92. The number of amides is 4. The van der Waals surface area contributed by atoms with Crippen LogP contribution in [0.15, 0.2) is 4.99 Å². The molecule has 0 spiro atoms. The molecular weight excluding hydrogens is 300 g/mol. The Kier molecular flexibility index (Phi) is 5.09. The van der Waals surface area contributed by atoms with Crippen molar-refractivity contribution >= 4 is 30.0 Å². The van der Waals surface area contributed by atoms with E-state index in [-0.39, 0.29) is 18.4 Å². The molecule has 1 unspecified atom stereocenters. The first-order valence-corrected chi connectivity index (χ1v) is 7.46. The van der Waals surface area contributed by atoms with Gasteiger partial charge in [-0.05, 0) is 32.1 Å². The van der Waals surface area contributed by atoms with E-state index in [4.69, 9.17) is 0 Å². The summed E-state index contributed by atoms with van der Waals surface area (Å²) in [5.41, 5.74) is 0. The maximum Gasteiger partial charge on any atom is 0.333 e. The number of urea groups is 1. The molecule has 126 valence electrons. The highest BCUT2D eigenvalue weighted by Gasteiger charge is 2.50. The lowest BCUT2D eigenvalue weighted by atomic mass is 10.1. The first-order chi connectivity index (χ1) is 10.8. The van der Waals surface area contributed by atoms with Crippen molar-refractivity contribution in [1.82, 2.24) is 20.0 Å². The first-order valence-electron chi connectivity index (χ1n) is 7.46. The SMILES string of the molecule is CN(C)CCCNC(=O)C[N+]1=CN=C2C1C(=O)N(C)C(=O)N2C. The molecule has 0 saturated carbocycles. The maximum atomic E-state index is 12.3. The van der Waals surface area contributed by atoms with Gasteiger partial charge in [-0.2, -0.15) is 0 Å². The second-order valence-corrected chi connectivity index (χ2v) is 5.92.